The van der Waals surface area contributed by atoms with Crippen molar-refractivity contribution in [2.45, 2.75) is 25.3 Å². The Morgan fingerprint density at radius 1 is 1.37 bits per heavy atom. The minimum Gasteiger partial charge on any atom is -0.395 e. The van der Waals surface area contributed by atoms with Gasteiger partial charge in [0.05, 0.1) is 6.61 Å². The molecule has 1 fully saturated rings. The van der Waals surface area contributed by atoms with E-state index in [2.05, 4.69) is 15.3 Å². The summed E-state index contributed by atoms with van der Waals surface area (Å²) in [7, 11) is 0. The van der Waals surface area contributed by atoms with E-state index >= 15 is 0 Å². The fourth-order valence-corrected chi connectivity index (χ4v) is 2.06. The Bertz CT molecular complexity index is 583. The van der Waals surface area contributed by atoms with Crippen LogP contribution in [0.4, 0.5) is 14.6 Å². The van der Waals surface area contributed by atoms with Crippen LogP contribution < -0.4 is 4.90 Å². The first-order valence-electron chi connectivity index (χ1n) is 6.08. The van der Waals surface area contributed by atoms with E-state index in [1.807, 2.05) is 4.90 Å². The number of rotatable bonds is 5. The highest BCUT2D eigenvalue weighted by atomic mass is 19.3. The summed E-state index contributed by atoms with van der Waals surface area (Å²) < 4.78 is 26.6. The molecule has 0 spiro atoms. The Hall–Kier alpha value is -1.83. The lowest BCUT2D eigenvalue weighted by molar-refractivity contribution is 0.137. The average Bonchev–Trinajstić information content (AvgIpc) is 3.14. The number of aliphatic hydroxyl groups excluding tert-OH is 1. The van der Waals surface area contributed by atoms with Crippen LogP contribution in [0.2, 0.25) is 0 Å². The molecule has 1 N–H and O–H groups in total. The molecule has 0 radical (unpaired) electrons. The van der Waals surface area contributed by atoms with Crippen LogP contribution in [0.1, 0.15) is 25.1 Å². The highest BCUT2D eigenvalue weighted by Gasteiger charge is 2.30. The van der Waals surface area contributed by atoms with Gasteiger partial charge in [-0.25, -0.2) is 8.78 Å². The Balaban J connectivity index is 2.01. The molecule has 8 heteroatoms. The zero-order chi connectivity index (χ0) is 13.4. The molecule has 0 unspecified atom stereocenters. The van der Waals surface area contributed by atoms with Crippen molar-refractivity contribution in [2.24, 2.45) is 0 Å². The molecule has 3 rings (SSSR count). The maximum Gasteiger partial charge on any atom is 0.299 e. The summed E-state index contributed by atoms with van der Waals surface area (Å²) in [5.74, 6) is 0.0994. The number of fused-ring (bicyclic) bond motifs is 1. The molecule has 0 aromatic carbocycles. The van der Waals surface area contributed by atoms with Gasteiger partial charge in [0.2, 0.25) is 5.82 Å². The molecule has 2 heterocycles. The highest BCUT2D eigenvalue weighted by molar-refractivity contribution is 5.47. The van der Waals surface area contributed by atoms with Crippen molar-refractivity contribution in [3.8, 4) is 0 Å². The van der Waals surface area contributed by atoms with Crippen LogP contribution in [0.15, 0.2) is 12.1 Å². The van der Waals surface area contributed by atoms with Crippen LogP contribution in [0.25, 0.3) is 5.65 Å². The second-order valence-corrected chi connectivity index (χ2v) is 4.47. The second-order valence-electron chi connectivity index (χ2n) is 4.47. The number of anilines is 1. The molecule has 19 heavy (non-hydrogen) atoms. The van der Waals surface area contributed by atoms with E-state index in [1.165, 1.54) is 0 Å². The molecule has 6 nitrogen and oxygen atoms in total. The summed E-state index contributed by atoms with van der Waals surface area (Å²) in [6, 6.07) is 3.66. The Morgan fingerprint density at radius 3 is 2.79 bits per heavy atom. The first kappa shape index (κ1) is 12.2. The van der Waals surface area contributed by atoms with Crippen molar-refractivity contribution in [1.82, 2.24) is 19.8 Å². The minimum atomic E-state index is -2.72. The lowest BCUT2D eigenvalue weighted by atomic mass is 10.4. The van der Waals surface area contributed by atoms with E-state index in [4.69, 9.17) is 5.11 Å². The molecule has 2 aromatic rings. The molecule has 2 aromatic heterocycles. The zero-order valence-electron chi connectivity index (χ0n) is 10.1. The SMILES string of the molecule is OCCN(c1ccc2nnc(C(F)F)n2n1)C1CC1. The second kappa shape index (κ2) is 4.69. The largest absolute Gasteiger partial charge is 0.395 e. The molecular formula is C11H13F2N5O. The van der Waals surface area contributed by atoms with Crippen molar-refractivity contribution in [1.29, 1.82) is 0 Å². The molecule has 102 valence electrons. The van der Waals surface area contributed by atoms with Gasteiger partial charge in [-0.1, -0.05) is 0 Å². The van der Waals surface area contributed by atoms with Gasteiger partial charge in [0, 0.05) is 12.6 Å². The fourth-order valence-electron chi connectivity index (χ4n) is 2.06. The smallest absolute Gasteiger partial charge is 0.299 e. The molecule has 0 atom stereocenters. The van der Waals surface area contributed by atoms with E-state index in [9.17, 15) is 8.78 Å². The topological polar surface area (TPSA) is 66.5 Å². The zero-order valence-corrected chi connectivity index (χ0v) is 10.1. The van der Waals surface area contributed by atoms with Crippen LogP contribution in [-0.2, 0) is 0 Å². The first-order valence-corrected chi connectivity index (χ1v) is 6.08. The van der Waals surface area contributed by atoms with Crippen molar-refractivity contribution >= 4 is 11.5 Å². The summed E-state index contributed by atoms with van der Waals surface area (Å²) >= 11 is 0. The van der Waals surface area contributed by atoms with Gasteiger partial charge in [-0.2, -0.15) is 4.52 Å². The van der Waals surface area contributed by atoms with Crippen molar-refractivity contribution in [2.75, 3.05) is 18.1 Å². The van der Waals surface area contributed by atoms with Crippen molar-refractivity contribution in [3.63, 3.8) is 0 Å². The maximum atomic E-state index is 12.8. The normalized spacial score (nSPS) is 15.4. The number of aliphatic hydroxyl groups is 1. The van der Waals surface area contributed by atoms with Crippen LogP contribution in [0.5, 0.6) is 0 Å². The van der Waals surface area contributed by atoms with Crippen molar-refractivity contribution in [3.05, 3.63) is 18.0 Å². The predicted molar refractivity (Wildman–Crippen MR) is 63.2 cm³/mol. The first-order chi connectivity index (χ1) is 9.20. The molecule has 0 bridgehead atoms. The summed E-state index contributed by atoms with van der Waals surface area (Å²) in [5, 5.41) is 20.3. The van der Waals surface area contributed by atoms with E-state index in [0.717, 1.165) is 17.4 Å². The van der Waals surface area contributed by atoms with Crippen molar-refractivity contribution < 1.29 is 13.9 Å². The lowest BCUT2D eigenvalue weighted by Gasteiger charge is -2.22. The van der Waals surface area contributed by atoms with Gasteiger partial charge in [-0.3, -0.25) is 0 Å². The summed E-state index contributed by atoms with van der Waals surface area (Å²) in [5.41, 5.74) is 0.291. The number of halogens is 2. The molecule has 1 saturated carbocycles. The Morgan fingerprint density at radius 2 is 2.16 bits per heavy atom. The molecule has 1 aliphatic rings. The number of alkyl halides is 2. The molecule has 0 aliphatic heterocycles. The van der Waals surface area contributed by atoms with E-state index in [-0.39, 0.29) is 6.61 Å². The van der Waals surface area contributed by atoms with Crippen LogP contribution in [-0.4, -0.2) is 44.1 Å². The third kappa shape index (κ3) is 2.23. The molecule has 0 saturated heterocycles. The van der Waals surface area contributed by atoms with Gasteiger partial charge in [0.15, 0.2) is 5.65 Å². The number of hydrogen-bond acceptors (Lipinski definition) is 5. The van der Waals surface area contributed by atoms with Crippen LogP contribution in [0, 0.1) is 0 Å². The van der Waals surface area contributed by atoms with Gasteiger partial charge < -0.3 is 10.0 Å². The predicted octanol–water partition coefficient (Wildman–Crippen LogP) is 1.02. The quantitative estimate of drug-likeness (QED) is 0.878. The molecular weight excluding hydrogens is 256 g/mol. The third-order valence-electron chi connectivity index (χ3n) is 3.09. The summed E-state index contributed by atoms with van der Waals surface area (Å²) in [6.45, 7) is 0.440. The Labute approximate surface area is 107 Å². The highest BCUT2D eigenvalue weighted by Crippen LogP contribution is 2.30. The lowest BCUT2D eigenvalue weighted by Crippen LogP contribution is -2.30. The fraction of sp³-hybridized carbons (Fsp3) is 0.545. The van der Waals surface area contributed by atoms with Gasteiger partial charge in [0.1, 0.15) is 5.82 Å². The van der Waals surface area contributed by atoms with E-state index in [0.29, 0.717) is 24.1 Å². The summed E-state index contributed by atoms with van der Waals surface area (Å²) in [6.07, 6.45) is -0.655. The van der Waals surface area contributed by atoms with Crippen LogP contribution in [0.3, 0.4) is 0 Å². The molecule has 0 amide bonds. The molecule has 1 aliphatic carbocycles. The average molecular weight is 269 g/mol. The third-order valence-corrected chi connectivity index (χ3v) is 3.09. The van der Waals surface area contributed by atoms with E-state index < -0.39 is 12.2 Å². The summed E-state index contributed by atoms with van der Waals surface area (Å²) in [4.78, 5) is 1.93. The number of hydrogen-bond donors (Lipinski definition) is 1. The number of nitrogens with zero attached hydrogens (tertiary/aromatic N) is 5. The monoisotopic (exact) mass is 269 g/mol. The van der Waals surface area contributed by atoms with Gasteiger partial charge in [-0.05, 0) is 25.0 Å². The Kier molecular flexibility index (Phi) is 3.02. The van der Waals surface area contributed by atoms with E-state index in [1.54, 1.807) is 12.1 Å². The minimum absolute atomic E-state index is 0.0000993. The van der Waals surface area contributed by atoms with Gasteiger partial charge in [0.25, 0.3) is 6.43 Å². The van der Waals surface area contributed by atoms with Gasteiger partial charge >= 0.3 is 0 Å². The van der Waals surface area contributed by atoms with Crippen LogP contribution >= 0.6 is 0 Å². The number of aromatic nitrogens is 4. The van der Waals surface area contributed by atoms with Gasteiger partial charge in [-0.15, -0.1) is 15.3 Å². The maximum absolute atomic E-state index is 12.8. The standard InChI is InChI=1S/C11H13F2N5O/c12-10(13)11-15-14-8-3-4-9(16-18(8)11)17(5-6-19)7-1-2-7/h3-4,7,10,19H,1-2,5-6H2.